The van der Waals surface area contributed by atoms with Crippen LogP contribution in [0.3, 0.4) is 0 Å². The summed E-state index contributed by atoms with van der Waals surface area (Å²) in [7, 11) is 0. The molecule has 2 aromatic carbocycles. The largest absolute Gasteiger partial charge is 0.428 e. The van der Waals surface area contributed by atoms with Crippen molar-refractivity contribution in [3.8, 4) is 22.5 Å². The van der Waals surface area contributed by atoms with E-state index in [0.29, 0.717) is 50.3 Å². The summed E-state index contributed by atoms with van der Waals surface area (Å²) in [5.41, 5.74) is 5.25. The van der Waals surface area contributed by atoms with Crippen LogP contribution in [0.4, 0.5) is 0 Å². The Morgan fingerprint density at radius 1 is 1.00 bits per heavy atom. The van der Waals surface area contributed by atoms with Crippen LogP contribution < -0.4 is 0 Å². The molecular formula is C33H39N7O5. The molecule has 0 aliphatic carbocycles. The van der Waals surface area contributed by atoms with E-state index in [-0.39, 0.29) is 11.8 Å². The van der Waals surface area contributed by atoms with E-state index in [1.807, 2.05) is 66.9 Å². The van der Waals surface area contributed by atoms with Crippen molar-refractivity contribution >= 4 is 17.8 Å². The lowest BCUT2D eigenvalue weighted by molar-refractivity contribution is -0.175. The molecule has 0 radical (unpaired) electrons. The highest BCUT2D eigenvalue weighted by Gasteiger charge is 2.40. The molecule has 5 rings (SSSR count). The van der Waals surface area contributed by atoms with E-state index in [1.165, 1.54) is 11.8 Å². The number of ether oxygens (including phenoxy) is 2. The van der Waals surface area contributed by atoms with Gasteiger partial charge >= 0.3 is 11.9 Å². The summed E-state index contributed by atoms with van der Waals surface area (Å²) in [5, 5.41) is 14.5. The molecule has 45 heavy (non-hydrogen) atoms. The third-order valence-electron chi connectivity index (χ3n) is 8.26. The number of carbonyl (C=O) groups is 3. The molecule has 0 spiro atoms. The number of imidazole rings is 1. The number of aryl methyl sites for hydroxylation is 1. The number of hydrogen-bond acceptors (Lipinski definition) is 9. The normalized spacial score (nSPS) is 14.3. The summed E-state index contributed by atoms with van der Waals surface area (Å²) < 4.78 is 12.8. The Bertz CT molecular complexity index is 1630. The Morgan fingerprint density at radius 3 is 2.38 bits per heavy atom. The first kappa shape index (κ1) is 31.6. The molecule has 1 unspecified atom stereocenters. The fraction of sp³-hybridized carbons (Fsp3) is 0.424. The molecule has 1 amide bonds. The van der Waals surface area contributed by atoms with Crippen LogP contribution in [0.5, 0.6) is 0 Å². The van der Waals surface area contributed by atoms with Gasteiger partial charge in [-0.15, -0.1) is 10.2 Å². The van der Waals surface area contributed by atoms with Crippen molar-refractivity contribution < 1.29 is 23.9 Å². The molecule has 1 aliphatic rings. The van der Waals surface area contributed by atoms with E-state index in [0.717, 1.165) is 40.2 Å². The number of rotatable bonds is 12. The number of esters is 2. The van der Waals surface area contributed by atoms with Crippen LogP contribution in [0.2, 0.25) is 0 Å². The van der Waals surface area contributed by atoms with E-state index >= 15 is 0 Å². The van der Waals surface area contributed by atoms with E-state index in [4.69, 9.17) is 14.5 Å². The summed E-state index contributed by atoms with van der Waals surface area (Å²) in [5.74, 6) is -0.193. The molecule has 1 N–H and O–H groups in total. The van der Waals surface area contributed by atoms with Gasteiger partial charge in [0.1, 0.15) is 5.82 Å². The number of benzene rings is 2. The first-order valence-corrected chi connectivity index (χ1v) is 15.5. The van der Waals surface area contributed by atoms with Gasteiger partial charge in [-0.3, -0.25) is 9.59 Å². The Morgan fingerprint density at radius 2 is 1.73 bits per heavy atom. The number of tetrazole rings is 1. The molecule has 12 heteroatoms. The average molecular weight is 614 g/mol. The van der Waals surface area contributed by atoms with E-state index in [2.05, 4.69) is 27.5 Å². The second kappa shape index (κ2) is 14.3. The Kier molecular flexibility index (Phi) is 10.0. The molecule has 236 valence electrons. The lowest BCUT2D eigenvalue weighted by Gasteiger charge is -2.34. The molecule has 0 saturated carbocycles. The molecule has 4 aromatic rings. The summed E-state index contributed by atoms with van der Waals surface area (Å²) in [6.07, 6.45) is 3.37. The number of nitrogens with zero attached hydrogens (tertiary/aromatic N) is 6. The number of amides is 1. The van der Waals surface area contributed by atoms with Crippen molar-refractivity contribution in [1.29, 1.82) is 0 Å². The maximum absolute atomic E-state index is 13.6. The van der Waals surface area contributed by atoms with Gasteiger partial charge in [0, 0.05) is 38.4 Å². The van der Waals surface area contributed by atoms with Crippen molar-refractivity contribution in [2.45, 2.75) is 72.4 Å². The molecule has 0 bridgehead atoms. The highest BCUT2D eigenvalue weighted by molar-refractivity contribution is 5.85. The zero-order valence-electron chi connectivity index (χ0n) is 26.2. The Labute approximate surface area is 262 Å². The van der Waals surface area contributed by atoms with Crippen LogP contribution in [-0.2, 0) is 43.2 Å². The monoisotopic (exact) mass is 613 g/mol. The third-order valence-corrected chi connectivity index (χ3v) is 8.26. The molecule has 3 heterocycles. The first-order valence-electron chi connectivity index (χ1n) is 15.5. The first-order chi connectivity index (χ1) is 21.9. The van der Waals surface area contributed by atoms with Crippen molar-refractivity contribution in [1.82, 2.24) is 35.1 Å². The van der Waals surface area contributed by atoms with Crippen LogP contribution in [0, 0.1) is 5.92 Å². The maximum atomic E-state index is 13.6. The summed E-state index contributed by atoms with van der Waals surface area (Å²) in [6.45, 7) is 7.62. The molecule has 0 fully saturated rings. The number of aromatic amines is 1. The van der Waals surface area contributed by atoms with E-state index in [1.54, 1.807) is 0 Å². The quantitative estimate of drug-likeness (QED) is 0.178. The predicted molar refractivity (Wildman–Crippen MR) is 165 cm³/mol. The number of H-pyrrole nitrogens is 1. The number of fused-ring (bicyclic) bond motifs is 1. The molecule has 2 aromatic heterocycles. The highest BCUT2D eigenvalue weighted by atomic mass is 16.7. The minimum absolute atomic E-state index is 0.244. The number of hydrogen-bond donors (Lipinski definition) is 1. The van der Waals surface area contributed by atoms with Crippen molar-refractivity contribution in [2.75, 3.05) is 13.3 Å². The third kappa shape index (κ3) is 6.79. The number of carbonyl (C=O) groups excluding carboxylic acids is 3. The Balaban J connectivity index is 1.43. The standard InChI is InChI=1S/C33H39N7O5/c1-5-10-28-34-27-17-18-39(21(4)41)30(33(43)45-20-44-32(42)23(6-2)7-3)29(27)40(28)19-22-13-15-24(16-14-22)25-11-8-9-12-26(25)31-35-37-38-36-31/h8-9,11-16,23,30H,5-7,10,17-20H2,1-4H3,(H,35,36,37,38). The van der Waals surface area contributed by atoms with Gasteiger partial charge in [-0.2, -0.15) is 5.21 Å². The van der Waals surface area contributed by atoms with Gasteiger partial charge in [0.25, 0.3) is 0 Å². The fourth-order valence-corrected chi connectivity index (χ4v) is 5.87. The van der Waals surface area contributed by atoms with Gasteiger partial charge in [-0.1, -0.05) is 69.3 Å². The SMILES string of the molecule is CCCc1nc2c(n1Cc1ccc(-c3ccccc3-c3nn[nH]n3)cc1)C(C(=O)OCOC(=O)C(CC)CC)N(C(C)=O)CC2. The van der Waals surface area contributed by atoms with Crippen molar-refractivity contribution in [3.05, 3.63) is 71.3 Å². The van der Waals surface area contributed by atoms with Crippen molar-refractivity contribution in [3.63, 3.8) is 0 Å². The minimum atomic E-state index is -1.00. The lowest BCUT2D eigenvalue weighted by atomic mass is 9.98. The van der Waals surface area contributed by atoms with Crippen LogP contribution in [0.1, 0.15) is 75.8 Å². The van der Waals surface area contributed by atoms with Gasteiger partial charge in [-0.25, -0.2) is 9.78 Å². The van der Waals surface area contributed by atoms with Crippen LogP contribution in [-0.4, -0.2) is 66.3 Å². The summed E-state index contributed by atoms with van der Waals surface area (Å²) in [4.78, 5) is 45.2. The van der Waals surface area contributed by atoms with Crippen molar-refractivity contribution in [2.24, 2.45) is 5.92 Å². The smallest absolute Gasteiger partial charge is 0.338 e. The summed E-state index contributed by atoms with van der Waals surface area (Å²) >= 11 is 0. The second-order valence-corrected chi connectivity index (χ2v) is 11.1. The maximum Gasteiger partial charge on any atom is 0.338 e. The summed E-state index contributed by atoms with van der Waals surface area (Å²) in [6, 6.07) is 15.0. The molecule has 1 aliphatic heterocycles. The predicted octanol–water partition coefficient (Wildman–Crippen LogP) is 4.66. The van der Waals surface area contributed by atoms with Gasteiger partial charge in [0.05, 0.1) is 17.3 Å². The Hall–Kier alpha value is -4.87. The van der Waals surface area contributed by atoms with Gasteiger partial charge in [0.2, 0.25) is 18.5 Å². The van der Waals surface area contributed by atoms with Gasteiger partial charge in [0.15, 0.2) is 6.04 Å². The molecule has 1 atom stereocenters. The lowest BCUT2D eigenvalue weighted by Crippen LogP contribution is -2.44. The highest BCUT2D eigenvalue weighted by Crippen LogP contribution is 2.34. The zero-order valence-corrected chi connectivity index (χ0v) is 26.2. The second-order valence-electron chi connectivity index (χ2n) is 11.1. The fourth-order valence-electron chi connectivity index (χ4n) is 5.87. The molecule has 0 saturated heterocycles. The van der Waals surface area contributed by atoms with Gasteiger partial charge in [-0.05, 0) is 41.2 Å². The van der Waals surface area contributed by atoms with E-state index < -0.39 is 24.8 Å². The van der Waals surface area contributed by atoms with E-state index in [9.17, 15) is 14.4 Å². The minimum Gasteiger partial charge on any atom is -0.428 e. The topological polar surface area (TPSA) is 145 Å². The van der Waals surface area contributed by atoms with Crippen LogP contribution in [0.25, 0.3) is 22.5 Å². The van der Waals surface area contributed by atoms with Crippen LogP contribution in [0.15, 0.2) is 48.5 Å². The molecule has 12 nitrogen and oxygen atoms in total. The molecular weight excluding hydrogens is 574 g/mol. The van der Waals surface area contributed by atoms with Crippen LogP contribution >= 0.6 is 0 Å². The average Bonchev–Trinajstić information content (AvgIpc) is 3.70. The zero-order chi connectivity index (χ0) is 31.9. The van der Waals surface area contributed by atoms with Gasteiger partial charge < -0.3 is 18.9 Å². The number of aromatic nitrogens is 6. The number of nitrogens with one attached hydrogen (secondary N) is 1.